The van der Waals surface area contributed by atoms with Crippen LogP contribution in [0.4, 0.5) is 5.69 Å². The van der Waals surface area contributed by atoms with Gasteiger partial charge in [0.1, 0.15) is 5.69 Å². The minimum atomic E-state index is -0.291. The van der Waals surface area contributed by atoms with E-state index in [1.807, 2.05) is 51.1 Å². The van der Waals surface area contributed by atoms with Gasteiger partial charge in [-0.3, -0.25) is 14.6 Å². The monoisotopic (exact) mass is 434 g/mol. The number of nitrogens with zero attached hydrogens (tertiary/aromatic N) is 2. The fourth-order valence-corrected chi connectivity index (χ4v) is 3.83. The van der Waals surface area contributed by atoms with Crippen LogP contribution in [0.5, 0.6) is 0 Å². The van der Waals surface area contributed by atoms with E-state index in [1.54, 1.807) is 19.2 Å². The molecule has 0 unspecified atom stereocenters. The van der Waals surface area contributed by atoms with Gasteiger partial charge in [0.2, 0.25) is 5.91 Å². The van der Waals surface area contributed by atoms with Gasteiger partial charge < -0.3 is 15.2 Å². The van der Waals surface area contributed by atoms with E-state index in [4.69, 9.17) is 0 Å². The number of anilines is 1. The van der Waals surface area contributed by atoms with Crippen LogP contribution in [0.1, 0.15) is 33.6 Å². The third kappa shape index (κ3) is 5.84. The van der Waals surface area contributed by atoms with Gasteiger partial charge in [-0.2, -0.15) is 0 Å². The Hall–Kier alpha value is -3.41. The van der Waals surface area contributed by atoms with Crippen molar-refractivity contribution in [1.82, 2.24) is 9.88 Å². The van der Waals surface area contributed by atoms with Gasteiger partial charge in [-0.25, -0.2) is 0 Å². The summed E-state index contributed by atoms with van der Waals surface area (Å²) < 4.78 is 0. The Labute approximate surface area is 190 Å². The first-order valence-corrected chi connectivity index (χ1v) is 11.1. The summed E-state index contributed by atoms with van der Waals surface area (Å²) >= 11 is 0. The molecule has 0 radical (unpaired) electrons. The minimum Gasteiger partial charge on any atom is -0.370 e. The van der Waals surface area contributed by atoms with Crippen molar-refractivity contribution in [3.8, 4) is 0 Å². The summed E-state index contributed by atoms with van der Waals surface area (Å²) in [5, 5.41) is 3.71. The number of aliphatic imine (C=N–C) groups is 1. The van der Waals surface area contributed by atoms with Gasteiger partial charge in [-0.05, 0) is 43.5 Å². The van der Waals surface area contributed by atoms with Crippen LogP contribution in [0.15, 0.2) is 76.7 Å². The second kappa shape index (κ2) is 11.8. The largest absolute Gasteiger partial charge is 0.370 e. The average molecular weight is 435 g/mol. The zero-order valence-electron chi connectivity index (χ0n) is 19.6. The fourth-order valence-electron chi connectivity index (χ4n) is 3.83. The maximum atomic E-state index is 12.8. The van der Waals surface area contributed by atoms with Gasteiger partial charge in [-0.1, -0.05) is 51.3 Å². The van der Waals surface area contributed by atoms with Crippen LogP contribution in [-0.2, 0) is 4.79 Å². The maximum absolute atomic E-state index is 12.8. The molecule has 0 bridgehead atoms. The normalized spacial score (nSPS) is 15.1. The number of rotatable bonds is 6. The van der Waals surface area contributed by atoms with E-state index in [1.165, 1.54) is 0 Å². The summed E-state index contributed by atoms with van der Waals surface area (Å²) in [5.41, 5.74) is 3.46. The van der Waals surface area contributed by atoms with E-state index in [9.17, 15) is 9.59 Å². The molecule has 1 amide bonds. The van der Waals surface area contributed by atoms with Crippen LogP contribution in [0.25, 0.3) is 10.9 Å². The molecule has 1 aromatic heterocycles. The molecule has 32 heavy (non-hydrogen) atoms. The molecule has 170 valence electrons. The standard InChI is InChI=1S/C24H28N4O2.C2H6/c1-5-8-21(22(25-4)16(2)3)28-13-11-17(12-14-28)23(29)27-20-15-18-9-6-7-10-19(18)26-24(20)30;1-2/h5-10,15,17H,1-2,11-14H2,3-4H3,(H,26,30)(H,27,29);1-2H3/b21-8+,25-22?;. The van der Waals surface area contributed by atoms with Crippen molar-refractivity contribution in [2.24, 2.45) is 10.9 Å². The third-order valence-electron chi connectivity index (χ3n) is 5.36. The summed E-state index contributed by atoms with van der Waals surface area (Å²) in [7, 11) is 1.75. The molecule has 0 aliphatic carbocycles. The smallest absolute Gasteiger partial charge is 0.272 e. The van der Waals surface area contributed by atoms with E-state index >= 15 is 0 Å². The first kappa shape index (κ1) is 24.9. The number of para-hydroxylation sites is 1. The van der Waals surface area contributed by atoms with Crippen LogP contribution in [0.3, 0.4) is 0 Å². The van der Waals surface area contributed by atoms with Crippen molar-refractivity contribution in [2.75, 3.05) is 25.5 Å². The molecule has 2 heterocycles. The Bertz CT molecular complexity index is 1090. The quantitative estimate of drug-likeness (QED) is 0.500. The predicted octanol–water partition coefficient (Wildman–Crippen LogP) is 4.92. The molecule has 1 aromatic carbocycles. The summed E-state index contributed by atoms with van der Waals surface area (Å²) in [6, 6.07) is 9.23. The average Bonchev–Trinajstić information content (AvgIpc) is 2.80. The van der Waals surface area contributed by atoms with Crippen molar-refractivity contribution in [2.45, 2.75) is 33.6 Å². The van der Waals surface area contributed by atoms with Gasteiger partial charge >= 0.3 is 0 Å². The number of carbonyl (C=O) groups excluding carboxylic acids is 1. The topological polar surface area (TPSA) is 77.6 Å². The number of pyridine rings is 1. The van der Waals surface area contributed by atoms with Crippen molar-refractivity contribution in [1.29, 1.82) is 0 Å². The van der Waals surface area contributed by atoms with Crippen molar-refractivity contribution in [3.63, 3.8) is 0 Å². The minimum absolute atomic E-state index is 0.117. The number of piperidine rings is 1. The van der Waals surface area contributed by atoms with E-state index in [0.717, 1.165) is 41.0 Å². The first-order chi connectivity index (χ1) is 15.4. The van der Waals surface area contributed by atoms with E-state index in [-0.39, 0.29) is 23.1 Å². The SMILES string of the molecule is C=C/C=C(\C(=NC)C(=C)C)N1CCC(C(=O)Nc2cc3ccccc3[nH]c2=O)CC1.CC. The number of allylic oxidation sites excluding steroid dienone is 3. The highest BCUT2D eigenvalue weighted by molar-refractivity contribution is 6.11. The van der Waals surface area contributed by atoms with E-state index < -0.39 is 0 Å². The lowest BCUT2D eigenvalue weighted by Crippen LogP contribution is -2.40. The number of hydrogen-bond acceptors (Lipinski definition) is 4. The highest BCUT2D eigenvalue weighted by Crippen LogP contribution is 2.24. The number of nitrogens with one attached hydrogen (secondary N) is 2. The van der Waals surface area contributed by atoms with Crippen molar-refractivity contribution in [3.05, 3.63) is 77.3 Å². The van der Waals surface area contributed by atoms with E-state index in [2.05, 4.69) is 33.4 Å². The van der Waals surface area contributed by atoms with Crippen LogP contribution in [0.2, 0.25) is 0 Å². The third-order valence-corrected chi connectivity index (χ3v) is 5.36. The lowest BCUT2D eigenvalue weighted by Gasteiger charge is -2.35. The molecule has 1 saturated heterocycles. The Morgan fingerprint density at radius 3 is 2.50 bits per heavy atom. The Balaban J connectivity index is 0.00000176. The molecular weight excluding hydrogens is 400 g/mol. The molecule has 6 nitrogen and oxygen atoms in total. The summed E-state index contributed by atoms with van der Waals surface area (Å²) in [4.78, 5) is 34.5. The maximum Gasteiger partial charge on any atom is 0.272 e. The molecule has 0 atom stereocenters. The first-order valence-electron chi connectivity index (χ1n) is 11.1. The fraction of sp³-hybridized carbons (Fsp3) is 0.346. The molecule has 3 rings (SSSR count). The highest BCUT2D eigenvalue weighted by Gasteiger charge is 2.27. The summed E-state index contributed by atoms with van der Waals surface area (Å²) in [6.45, 7) is 15.2. The molecule has 2 aromatic rings. The molecule has 6 heteroatoms. The Kier molecular flexibility index (Phi) is 9.20. The van der Waals surface area contributed by atoms with Gasteiger partial charge in [0.25, 0.3) is 5.56 Å². The number of aromatic nitrogens is 1. The van der Waals surface area contributed by atoms with Crippen LogP contribution in [-0.4, -0.2) is 41.6 Å². The highest BCUT2D eigenvalue weighted by atomic mass is 16.2. The van der Waals surface area contributed by atoms with Crippen LogP contribution >= 0.6 is 0 Å². The number of carbonyl (C=O) groups is 1. The zero-order chi connectivity index (χ0) is 23.7. The van der Waals surface area contributed by atoms with Crippen molar-refractivity contribution < 1.29 is 4.79 Å². The molecule has 1 fully saturated rings. The number of likely N-dealkylation sites (tertiary alicyclic amines) is 1. The molecule has 2 N–H and O–H groups in total. The number of amides is 1. The molecule has 0 saturated carbocycles. The van der Waals surface area contributed by atoms with Crippen molar-refractivity contribution >= 4 is 28.2 Å². The van der Waals surface area contributed by atoms with Gasteiger partial charge in [0.15, 0.2) is 0 Å². The molecular formula is C26H34N4O2. The van der Waals surface area contributed by atoms with Gasteiger partial charge in [0.05, 0.1) is 11.4 Å². The predicted molar refractivity (Wildman–Crippen MR) is 135 cm³/mol. The van der Waals surface area contributed by atoms with Crippen LogP contribution < -0.4 is 10.9 Å². The molecule has 1 aliphatic heterocycles. The number of aromatic amines is 1. The Morgan fingerprint density at radius 2 is 1.91 bits per heavy atom. The lowest BCUT2D eigenvalue weighted by atomic mass is 9.94. The number of H-pyrrole nitrogens is 1. The summed E-state index contributed by atoms with van der Waals surface area (Å²) in [5.74, 6) is -0.266. The zero-order valence-corrected chi connectivity index (χ0v) is 19.6. The molecule has 1 aliphatic rings. The van der Waals surface area contributed by atoms with Gasteiger partial charge in [-0.15, -0.1) is 0 Å². The Morgan fingerprint density at radius 1 is 1.25 bits per heavy atom. The second-order valence-corrected chi connectivity index (χ2v) is 7.49. The second-order valence-electron chi connectivity index (χ2n) is 7.49. The van der Waals surface area contributed by atoms with Gasteiger partial charge in [0, 0.05) is 37.0 Å². The lowest BCUT2D eigenvalue weighted by molar-refractivity contribution is -0.121. The number of hydrogen-bond donors (Lipinski definition) is 2. The summed E-state index contributed by atoms with van der Waals surface area (Å²) in [6.07, 6.45) is 5.07. The molecule has 0 spiro atoms. The number of fused-ring (bicyclic) bond motifs is 1. The number of benzene rings is 1. The van der Waals surface area contributed by atoms with E-state index in [0.29, 0.717) is 12.8 Å². The van der Waals surface area contributed by atoms with Crippen LogP contribution in [0, 0.1) is 5.92 Å².